The largest absolute Gasteiger partial charge is 0.387 e. The SMILES string of the molecule is Cc1ccc(C(O)CN2CCCC(N(C)C)C2)cc1. The predicted molar refractivity (Wildman–Crippen MR) is 79.3 cm³/mol. The number of benzene rings is 1. The van der Waals surface area contributed by atoms with Crippen LogP contribution in [-0.4, -0.2) is 54.7 Å². The van der Waals surface area contributed by atoms with Gasteiger partial charge in [0, 0.05) is 19.1 Å². The average Bonchev–Trinajstić information content (AvgIpc) is 2.39. The zero-order valence-corrected chi connectivity index (χ0v) is 12.3. The third-order valence-electron chi connectivity index (χ3n) is 4.10. The van der Waals surface area contributed by atoms with Gasteiger partial charge in [-0.2, -0.15) is 0 Å². The van der Waals surface area contributed by atoms with Crippen LogP contribution in [0.3, 0.4) is 0 Å². The second kappa shape index (κ2) is 6.51. The van der Waals surface area contributed by atoms with E-state index in [1.807, 2.05) is 12.1 Å². The van der Waals surface area contributed by atoms with Crippen molar-refractivity contribution in [3.05, 3.63) is 35.4 Å². The summed E-state index contributed by atoms with van der Waals surface area (Å²) in [6.45, 7) is 4.99. The number of piperidine rings is 1. The van der Waals surface area contributed by atoms with E-state index >= 15 is 0 Å². The Hall–Kier alpha value is -0.900. The highest BCUT2D eigenvalue weighted by Gasteiger charge is 2.23. The fraction of sp³-hybridized carbons (Fsp3) is 0.625. The van der Waals surface area contributed by atoms with E-state index < -0.39 is 0 Å². The summed E-state index contributed by atoms with van der Waals surface area (Å²) < 4.78 is 0. The van der Waals surface area contributed by atoms with Crippen molar-refractivity contribution in [3.8, 4) is 0 Å². The van der Waals surface area contributed by atoms with E-state index in [2.05, 4.69) is 43.0 Å². The van der Waals surface area contributed by atoms with Crippen LogP contribution in [0.5, 0.6) is 0 Å². The summed E-state index contributed by atoms with van der Waals surface area (Å²) in [6, 6.07) is 8.83. The Bertz CT molecular complexity index is 388. The van der Waals surface area contributed by atoms with E-state index in [4.69, 9.17) is 0 Å². The average molecular weight is 262 g/mol. The normalized spacial score (nSPS) is 22.7. The highest BCUT2D eigenvalue weighted by Crippen LogP contribution is 2.19. The topological polar surface area (TPSA) is 26.7 Å². The van der Waals surface area contributed by atoms with E-state index in [-0.39, 0.29) is 6.10 Å². The molecule has 2 atom stereocenters. The Balaban J connectivity index is 1.91. The van der Waals surface area contributed by atoms with Gasteiger partial charge >= 0.3 is 0 Å². The molecule has 0 aromatic heterocycles. The third kappa shape index (κ3) is 4.03. The zero-order valence-electron chi connectivity index (χ0n) is 12.3. The minimum atomic E-state index is -0.374. The molecular weight excluding hydrogens is 236 g/mol. The number of rotatable bonds is 4. The maximum atomic E-state index is 10.3. The van der Waals surface area contributed by atoms with Crippen LogP contribution in [0.4, 0.5) is 0 Å². The Morgan fingerprint density at radius 1 is 1.32 bits per heavy atom. The number of β-amino-alcohol motifs (C(OH)–C–C–N with tert-alkyl or cyclic N) is 1. The van der Waals surface area contributed by atoms with Crippen molar-refractivity contribution in [1.29, 1.82) is 0 Å². The minimum Gasteiger partial charge on any atom is -0.387 e. The highest BCUT2D eigenvalue weighted by molar-refractivity contribution is 5.23. The number of likely N-dealkylation sites (N-methyl/N-ethyl adjacent to an activating group) is 1. The van der Waals surface area contributed by atoms with Crippen molar-refractivity contribution in [2.45, 2.75) is 31.9 Å². The number of aliphatic hydroxyl groups is 1. The summed E-state index contributed by atoms with van der Waals surface area (Å²) >= 11 is 0. The fourth-order valence-electron chi connectivity index (χ4n) is 2.76. The Morgan fingerprint density at radius 3 is 2.63 bits per heavy atom. The lowest BCUT2D eigenvalue weighted by molar-refractivity contribution is 0.0722. The van der Waals surface area contributed by atoms with Gasteiger partial charge in [-0.25, -0.2) is 0 Å². The molecule has 1 aliphatic rings. The lowest BCUT2D eigenvalue weighted by atomic mass is 10.0. The van der Waals surface area contributed by atoms with Crippen LogP contribution in [0.2, 0.25) is 0 Å². The summed E-state index contributed by atoms with van der Waals surface area (Å²) in [7, 11) is 4.29. The first-order valence-electron chi connectivity index (χ1n) is 7.19. The third-order valence-corrected chi connectivity index (χ3v) is 4.10. The second-order valence-corrected chi connectivity index (χ2v) is 5.95. The van der Waals surface area contributed by atoms with Crippen LogP contribution in [0.1, 0.15) is 30.1 Å². The standard InChI is InChI=1S/C16H26N2O/c1-13-6-8-14(9-7-13)16(19)12-18-10-4-5-15(11-18)17(2)3/h6-9,15-16,19H,4-5,10-12H2,1-3H3. The molecule has 0 radical (unpaired) electrons. The minimum absolute atomic E-state index is 0.374. The Labute approximate surface area is 116 Å². The van der Waals surface area contributed by atoms with Crippen LogP contribution in [-0.2, 0) is 0 Å². The quantitative estimate of drug-likeness (QED) is 0.899. The fourth-order valence-corrected chi connectivity index (χ4v) is 2.76. The molecule has 0 amide bonds. The molecular formula is C16H26N2O. The van der Waals surface area contributed by atoms with Crippen LogP contribution in [0.15, 0.2) is 24.3 Å². The predicted octanol–water partition coefficient (Wildman–Crippen LogP) is 2.05. The number of likely N-dealkylation sites (tertiary alicyclic amines) is 1. The van der Waals surface area contributed by atoms with Gasteiger partial charge in [0.25, 0.3) is 0 Å². The molecule has 0 saturated carbocycles. The number of nitrogens with zero attached hydrogens (tertiary/aromatic N) is 2. The Morgan fingerprint density at radius 2 is 2.00 bits per heavy atom. The molecule has 0 bridgehead atoms. The summed E-state index contributed by atoms with van der Waals surface area (Å²) in [6.07, 6.45) is 2.12. The highest BCUT2D eigenvalue weighted by atomic mass is 16.3. The van der Waals surface area contributed by atoms with Crippen LogP contribution < -0.4 is 0 Å². The molecule has 1 aliphatic heterocycles. The van der Waals surface area contributed by atoms with Crippen LogP contribution >= 0.6 is 0 Å². The van der Waals surface area contributed by atoms with Gasteiger partial charge in [0.05, 0.1) is 6.10 Å². The molecule has 3 nitrogen and oxygen atoms in total. The molecule has 19 heavy (non-hydrogen) atoms. The van der Waals surface area contributed by atoms with Gasteiger partial charge in [0.2, 0.25) is 0 Å². The number of hydrogen-bond donors (Lipinski definition) is 1. The first-order valence-corrected chi connectivity index (χ1v) is 7.19. The zero-order chi connectivity index (χ0) is 13.8. The molecule has 106 valence electrons. The Kier molecular flexibility index (Phi) is 4.97. The molecule has 1 saturated heterocycles. The van der Waals surface area contributed by atoms with Gasteiger partial charge in [0.1, 0.15) is 0 Å². The molecule has 1 aromatic rings. The molecule has 0 aliphatic carbocycles. The first-order chi connectivity index (χ1) is 9.06. The smallest absolute Gasteiger partial charge is 0.0916 e. The van der Waals surface area contributed by atoms with Gasteiger partial charge < -0.3 is 10.0 Å². The van der Waals surface area contributed by atoms with Gasteiger partial charge in [-0.1, -0.05) is 29.8 Å². The van der Waals surface area contributed by atoms with Crippen molar-refractivity contribution < 1.29 is 5.11 Å². The lowest BCUT2D eigenvalue weighted by Crippen LogP contribution is -2.46. The van der Waals surface area contributed by atoms with Gasteiger partial charge in [0.15, 0.2) is 0 Å². The summed E-state index contributed by atoms with van der Waals surface area (Å²) in [5, 5.41) is 10.3. The molecule has 1 aromatic carbocycles. The number of hydrogen-bond acceptors (Lipinski definition) is 3. The summed E-state index contributed by atoms with van der Waals surface area (Å²) in [4.78, 5) is 4.68. The summed E-state index contributed by atoms with van der Waals surface area (Å²) in [5.74, 6) is 0. The molecule has 0 spiro atoms. The maximum Gasteiger partial charge on any atom is 0.0916 e. The first kappa shape index (κ1) is 14.5. The molecule has 2 unspecified atom stereocenters. The van der Waals surface area contributed by atoms with E-state index in [1.165, 1.54) is 18.4 Å². The van der Waals surface area contributed by atoms with Crippen molar-refractivity contribution in [2.75, 3.05) is 33.7 Å². The van der Waals surface area contributed by atoms with Crippen molar-refractivity contribution >= 4 is 0 Å². The number of aliphatic hydroxyl groups excluding tert-OH is 1. The molecule has 1 fully saturated rings. The van der Waals surface area contributed by atoms with E-state index in [0.717, 1.165) is 25.2 Å². The van der Waals surface area contributed by atoms with Crippen molar-refractivity contribution in [2.24, 2.45) is 0 Å². The maximum absolute atomic E-state index is 10.3. The molecule has 1 heterocycles. The van der Waals surface area contributed by atoms with E-state index in [1.54, 1.807) is 0 Å². The number of aryl methyl sites for hydroxylation is 1. The van der Waals surface area contributed by atoms with E-state index in [0.29, 0.717) is 6.04 Å². The molecule has 3 heteroatoms. The summed E-state index contributed by atoms with van der Waals surface area (Å²) in [5.41, 5.74) is 2.26. The van der Waals surface area contributed by atoms with Gasteiger partial charge in [-0.15, -0.1) is 0 Å². The van der Waals surface area contributed by atoms with Crippen LogP contribution in [0.25, 0.3) is 0 Å². The monoisotopic (exact) mass is 262 g/mol. The van der Waals surface area contributed by atoms with Gasteiger partial charge in [-0.05, 0) is 46.0 Å². The lowest BCUT2D eigenvalue weighted by Gasteiger charge is -2.37. The van der Waals surface area contributed by atoms with Crippen LogP contribution in [0, 0.1) is 6.92 Å². The molecule has 1 N–H and O–H groups in total. The van der Waals surface area contributed by atoms with Crippen molar-refractivity contribution in [3.63, 3.8) is 0 Å². The second-order valence-electron chi connectivity index (χ2n) is 5.95. The van der Waals surface area contributed by atoms with Crippen molar-refractivity contribution in [1.82, 2.24) is 9.80 Å². The molecule has 2 rings (SSSR count). The van der Waals surface area contributed by atoms with E-state index in [9.17, 15) is 5.11 Å². The van der Waals surface area contributed by atoms with Gasteiger partial charge in [-0.3, -0.25) is 4.90 Å².